The van der Waals surface area contributed by atoms with Gasteiger partial charge in [-0.25, -0.2) is 0 Å². The van der Waals surface area contributed by atoms with Crippen LogP contribution in [0.2, 0.25) is 0 Å². The molecule has 1 rings (SSSR count). The molecule has 0 saturated carbocycles. The minimum absolute atomic E-state index is 0.314. The Labute approximate surface area is 71.4 Å². The van der Waals surface area contributed by atoms with E-state index in [-0.39, 0.29) is 6.10 Å². The molecule has 60 valence electrons. The first-order chi connectivity index (χ1) is 5.34. The van der Waals surface area contributed by atoms with E-state index in [1.807, 2.05) is 36.6 Å². The summed E-state index contributed by atoms with van der Waals surface area (Å²) >= 11 is 1.65. The molecule has 1 aromatic carbocycles. The van der Waals surface area contributed by atoms with Gasteiger partial charge in [-0.3, -0.25) is 0 Å². The number of benzene rings is 1. The molecule has 0 radical (unpaired) electrons. The summed E-state index contributed by atoms with van der Waals surface area (Å²) in [5, 5.41) is 9.50. The zero-order valence-corrected chi connectivity index (χ0v) is 7.34. The van der Waals surface area contributed by atoms with Crippen molar-refractivity contribution < 1.29 is 5.11 Å². The molecule has 11 heavy (non-hydrogen) atoms. The summed E-state index contributed by atoms with van der Waals surface area (Å²) in [5.41, 5.74) is 1.00. The monoisotopic (exact) mass is 168 g/mol. The van der Waals surface area contributed by atoms with Gasteiger partial charge in [-0.15, -0.1) is 0 Å². The molecule has 0 fully saturated rings. The predicted molar refractivity (Wildman–Crippen MR) is 49.8 cm³/mol. The first-order valence-corrected chi connectivity index (χ1v) is 4.96. The summed E-state index contributed by atoms with van der Waals surface area (Å²) < 4.78 is 0. The van der Waals surface area contributed by atoms with E-state index in [4.69, 9.17) is 0 Å². The summed E-state index contributed by atoms with van der Waals surface area (Å²) in [6, 6.07) is 9.73. The van der Waals surface area contributed by atoms with E-state index in [9.17, 15) is 5.11 Å². The maximum absolute atomic E-state index is 9.50. The van der Waals surface area contributed by atoms with Crippen molar-refractivity contribution in [3.05, 3.63) is 35.9 Å². The van der Waals surface area contributed by atoms with Crippen molar-refractivity contribution in [1.29, 1.82) is 0 Å². The smallest absolute Gasteiger partial charge is 0.0880 e. The van der Waals surface area contributed by atoms with Crippen molar-refractivity contribution in [3.63, 3.8) is 0 Å². The molecular weight excluding hydrogens is 156 g/mol. The van der Waals surface area contributed by atoms with E-state index < -0.39 is 0 Å². The van der Waals surface area contributed by atoms with Gasteiger partial charge in [-0.2, -0.15) is 11.8 Å². The Balaban J connectivity index is 2.61. The third kappa shape index (κ3) is 2.56. The van der Waals surface area contributed by atoms with Crippen LogP contribution < -0.4 is 0 Å². The van der Waals surface area contributed by atoms with Crippen molar-refractivity contribution in [2.75, 3.05) is 12.0 Å². The second-order valence-electron chi connectivity index (χ2n) is 2.38. The number of rotatable bonds is 3. The van der Waals surface area contributed by atoms with Gasteiger partial charge >= 0.3 is 0 Å². The molecule has 0 bridgehead atoms. The fraction of sp³-hybridized carbons (Fsp3) is 0.333. The van der Waals surface area contributed by atoms with Gasteiger partial charge in [0.1, 0.15) is 0 Å². The molecule has 0 unspecified atom stereocenters. The van der Waals surface area contributed by atoms with Crippen LogP contribution in [0.25, 0.3) is 0 Å². The third-order valence-corrected chi connectivity index (χ3v) is 2.16. The van der Waals surface area contributed by atoms with Gasteiger partial charge in [0.25, 0.3) is 0 Å². The summed E-state index contributed by atoms with van der Waals surface area (Å²) in [6.45, 7) is 0. The average Bonchev–Trinajstić information content (AvgIpc) is 2.07. The number of aliphatic hydroxyl groups excluding tert-OH is 1. The normalized spacial score (nSPS) is 12.9. The van der Waals surface area contributed by atoms with E-state index in [1.165, 1.54) is 0 Å². The van der Waals surface area contributed by atoms with Crippen LogP contribution in [0.15, 0.2) is 30.3 Å². The lowest BCUT2D eigenvalue weighted by Gasteiger charge is -2.07. The minimum Gasteiger partial charge on any atom is -0.388 e. The third-order valence-electron chi connectivity index (χ3n) is 1.51. The van der Waals surface area contributed by atoms with Gasteiger partial charge in [0, 0.05) is 5.75 Å². The van der Waals surface area contributed by atoms with Crippen LogP contribution in [0.5, 0.6) is 0 Å². The summed E-state index contributed by atoms with van der Waals surface area (Å²) in [5.74, 6) is 0.768. The van der Waals surface area contributed by atoms with Gasteiger partial charge in [0.05, 0.1) is 6.10 Å². The van der Waals surface area contributed by atoms with Crippen LogP contribution in [-0.4, -0.2) is 17.1 Å². The second-order valence-corrected chi connectivity index (χ2v) is 3.29. The lowest BCUT2D eigenvalue weighted by atomic mass is 10.1. The Kier molecular flexibility index (Phi) is 3.46. The first kappa shape index (κ1) is 8.62. The molecule has 1 atom stereocenters. The molecule has 0 amide bonds. The maximum atomic E-state index is 9.50. The molecule has 0 heterocycles. The number of thioether (sulfide) groups is 1. The van der Waals surface area contributed by atoms with Gasteiger partial charge < -0.3 is 5.11 Å². The topological polar surface area (TPSA) is 20.2 Å². The van der Waals surface area contributed by atoms with E-state index in [0.29, 0.717) is 0 Å². The van der Waals surface area contributed by atoms with Crippen molar-refractivity contribution in [2.24, 2.45) is 0 Å². The summed E-state index contributed by atoms with van der Waals surface area (Å²) in [6.07, 6.45) is 1.68. The van der Waals surface area contributed by atoms with E-state index in [1.54, 1.807) is 11.8 Å². The Hall–Kier alpha value is -0.470. The van der Waals surface area contributed by atoms with E-state index in [2.05, 4.69) is 0 Å². The molecule has 0 spiro atoms. The zero-order valence-electron chi connectivity index (χ0n) is 6.53. The van der Waals surface area contributed by atoms with Crippen molar-refractivity contribution in [1.82, 2.24) is 0 Å². The Morgan fingerprint density at radius 3 is 2.55 bits per heavy atom. The van der Waals surface area contributed by atoms with Crippen LogP contribution in [0.3, 0.4) is 0 Å². The van der Waals surface area contributed by atoms with Gasteiger partial charge in [0.15, 0.2) is 0 Å². The molecular formula is C9H12OS. The van der Waals surface area contributed by atoms with Crippen LogP contribution >= 0.6 is 11.8 Å². The molecule has 0 saturated heterocycles. The van der Waals surface area contributed by atoms with E-state index in [0.717, 1.165) is 11.3 Å². The van der Waals surface area contributed by atoms with Gasteiger partial charge in [-0.1, -0.05) is 30.3 Å². The SMILES string of the molecule is CSC[C@@H](O)c1ccccc1. The van der Waals surface area contributed by atoms with Crippen LogP contribution in [-0.2, 0) is 0 Å². The van der Waals surface area contributed by atoms with E-state index >= 15 is 0 Å². The van der Waals surface area contributed by atoms with Crippen LogP contribution in [0.4, 0.5) is 0 Å². The molecule has 2 heteroatoms. The highest BCUT2D eigenvalue weighted by Gasteiger charge is 2.03. The lowest BCUT2D eigenvalue weighted by molar-refractivity contribution is 0.204. The predicted octanol–water partition coefficient (Wildman–Crippen LogP) is 2.08. The zero-order chi connectivity index (χ0) is 8.10. The fourth-order valence-electron chi connectivity index (χ4n) is 0.929. The largest absolute Gasteiger partial charge is 0.388 e. The van der Waals surface area contributed by atoms with Crippen LogP contribution in [0.1, 0.15) is 11.7 Å². The van der Waals surface area contributed by atoms with Gasteiger partial charge in [0.2, 0.25) is 0 Å². The fourth-order valence-corrected chi connectivity index (χ4v) is 1.44. The quantitative estimate of drug-likeness (QED) is 0.745. The average molecular weight is 168 g/mol. The number of hydrogen-bond donors (Lipinski definition) is 1. The number of aliphatic hydroxyl groups is 1. The van der Waals surface area contributed by atoms with Crippen molar-refractivity contribution in [3.8, 4) is 0 Å². The molecule has 1 nitrogen and oxygen atoms in total. The minimum atomic E-state index is -0.314. The highest BCUT2D eigenvalue weighted by atomic mass is 32.2. The van der Waals surface area contributed by atoms with Crippen molar-refractivity contribution in [2.45, 2.75) is 6.10 Å². The first-order valence-electron chi connectivity index (χ1n) is 3.56. The Morgan fingerprint density at radius 1 is 1.36 bits per heavy atom. The summed E-state index contributed by atoms with van der Waals surface area (Å²) in [7, 11) is 0. The molecule has 0 aliphatic rings. The van der Waals surface area contributed by atoms with Crippen LogP contribution in [0, 0.1) is 0 Å². The molecule has 1 N–H and O–H groups in total. The highest BCUT2D eigenvalue weighted by Crippen LogP contribution is 2.15. The Morgan fingerprint density at radius 2 is 2.00 bits per heavy atom. The maximum Gasteiger partial charge on any atom is 0.0880 e. The molecule has 1 aromatic rings. The molecule has 0 aliphatic carbocycles. The molecule has 0 aromatic heterocycles. The standard InChI is InChI=1S/C9H12OS/c1-11-7-9(10)8-5-3-2-4-6-8/h2-6,9-10H,7H2,1H3/t9-/m1/s1. The second kappa shape index (κ2) is 4.42. The van der Waals surface area contributed by atoms with Crippen molar-refractivity contribution >= 4 is 11.8 Å². The van der Waals surface area contributed by atoms with Gasteiger partial charge in [-0.05, 0) is 11.8 Å². The molecule has 0 aliphatic heterocycles. The highest BCUT2D eigenvalue weighted by molar-refractivity contribution is 7.98. The summed E-state index contributed by atoms with van der Waals surface area (Å²) in [4.78, 5) is 0. The number of hydrogen-bond acceptors (Lipinski definition) is 2. The Bertz CT molecular complexity index is 198. The lowest BCUT2D eigenvalue weighted by Crippen LogP contribution is -1.98.